The molecule has 4 heteroatoms. The Balaban J connectivity index is 0.000000293. The number of nitrogens with zero attached hydrogens (tertiary/aromatic N) is 2. The van der Waals surface area contributed by atoms with Crippen LogP contribution in [0.4, 0.5) is 0 Å². The number of hydrogen-bond donors (Lipinski definition) is 0. The highest BCUT2D eigenvalue weighted by atomic mass is 16.5. The fourth-order valence-electron chi connectivity index (χ4n) is 0.756. The summed E-state index contributed by atoms with van der Waals surface area (Å²) < 4.78 is 4.32. The van der Waals surface area contributed by atoms with Crippen LogP contribution in [-0.2, 0) is 16.0 Å². The monoisotopic (exact) mass is 216 g/mol. The van der Waals surface area contributed by atoms with Gasteiger partial charge in [0.05, 0.1) is 24.8 Å². The first-order valence-corrected chi connectivity index (χ1v) is 4.64. The van der Waals surface area contributed by atoms with Crippen molar-refractivity contribution in [3.05, 3.63) is 30.1 Å². The lowest BCUT2D eigenvalue weighted by molar-refractivity contribution is -0.136. The van der Waals surface area contributed by atoms with Crippen molar-refractivity contribution in [1.29, 1.82) is 5.26 Å². The minimum Gasteiger partial charge on any atom is -0.456 e. The number of nitriles is 1. The van der Waals surface area contributed by atoms with E-state index in [9.17, 15) is 4.79 Å². The molecule has 0 atom stereocenters. The molecule has 82 valence electrons. The Morgan fingerprint density at radius 3 is 2.75 bits per heavy atom. The average Bonchev–Trinajstić information content (AvgIpc) is 2.32. The largest absolute Gasteiger partial charge is 0.456 e. The van der Waals surface area contributed by atoms with Gasteiger partial charge in [-0.2, -0.15) is 5.26 Å². The van der Waals surface area contributed by atoms with E-state index in [2.05, 4.69) is 16.1 Å². The van der Waals surface area contributed by atoms with E-state index in [0.29, 0.717) is 13.0 Å². The second kappa shape index (κ2) is 9.23. The van der Waals surface area contributed by atoms with Gasteiger partial charge in [-0.25, -0.2) is 4.79 Å². The van der Waals surface area contributed by atoms with Crippen molar-refractivity contribution in [2.24, 2.45) is 0 Å². The first kappa shape index (κ1) is 13.7. The molecule has 4 nitrogen and oxygen atoms in total. The summed E-state index contributed by atoms with van der Waals surface area (Å²) in [4.78, 5) is 13.9. The van der Waals surface area contributed by atoms with Crippen LogP contribution in [0.5, 0.6) is 0 Å². The van der Waals surface area contributed by atoms with Crippen LogP contribution in [-0.4, -0.2) is 17.6 Å². The van der Waals surface area contributed by atoms with Crippen LogP contribution >= 0.6 is 0 Å². The summed E-state index contributed by atoms with van der Waals surface area (Å²) in [7, 11) is 0. The molecule has 1 rings (SSSR count). The van der Waals surface area contributed by atoms with Crippen LogP contribution in [0.1, 0.15) is 12.6 Å². The molecule has 0 N–H and O–H groups in total. The highest BCUT2D eigenvalue weighted by molar-refractivity contribution is 5.87. The number of pyridine rings is 1. The molecule has 0 radical (unpaired) electrons. The summed E-state index contributed by atoms with van der Waals surface area (Å²) in [5.74, 6) is 1.21. The zero-order valence-electron chi connectivity index (χ0n) is 9.01. The maximum absolute atomic E-state index is 9.95. The Morgan fingerprint density at radius 1 is 1.62 bits per heavy atom. The number of hydrogen-bond acceptors (Lipinski definition) is 4. The maximum atomic E-state index is 9.95. The Hall–Kier alpha value is -2.33. The minimum atomic E-state index is -0.595. The molecule has 0 unspecified atom stereocenters. The Kier molecular flexibility index (Phi) is 7.89. The van der Waals surface area contributed by atoms with Crippen LogP contribution in [0.15, 0.2) is 24.4 Å². The molecule has 0 saturated carbocycles. The van der Waals surface area contributed by atoms with Gasteiger partial charge in [-0.05, 0) is 19.1 Å². The van der Waals surface area contributed by atoms with Crippen molar-refractivity contribution in [3.63, 3.8) is 0 Å². The Morgan fingerprint density at radius 2 is 2.38 bits per heavy atom. The maximum Gasteiger partial charge on any atom is 0.384 e. The van der Waals surface area contributed by atoms with E-state index in [1.54, 1.807) is 19.0 Å². The van der Waals surface area contributed by atoms with E-state index in [1.807, 2.05) is 24.3 Å². The predicted molar refractivity (Wildman–Crippen MR) is 59.0 cm³/mol. The normalized spacial score (nSPS) is 7.69. The van der Waals surface area contributed by atoms with E-state index >= 15 is 0 Å². The third kappa shape index (κ3) is 7.11. The van der Waals surface area contributed by atoms with Gasteiger partial charge in [-0.3, -0.25) is 4.98 Å². The van der Waals surface area contributed by atoms with E-state index in [1.165, 1.54) is 0 Å². The summed E-state index contributed by atoms with van der Waals surface area (Å²) in [5, 5.41) is 8.23. The molecule has 0 aromatic carbocycles. The highest BCUT2D eigenvalue weighted by Crippen LogP contribution is 1.91. The molecule has 1 aromatic rings. The summed E-state index contributed by atoms with van der Waals surface area (Å²) in [6, 6.07) is 7.57. The molecule has 16 heavy (non-hydrogen) atoms. The van der Waals surface area contributed by atoms with Crippen LogP contribution < -0.4 is 0 Å². The first-order chi connectivity index (χ1) is 7.74. The Labute approximate surface area is 94.9 Å². The van der Waals surface area contributed by atoms with Crippen molar-refractivity contribution in [2.75, 3.05) is 6.61 Å². The van der Waals surface area contributed by atoms with Gasteiger partial charge in [0, 0.05) is 12.1 Å². The fourth-order valence-corrected chi connectivity index (χ4v) is 0.756. The van der Waals surface area contributed by atoms with Crippen molar-refractivity contribution in [1.82, 2.24) is 4.98 Å². The molecule has 1 aromatic heterocycles. The van der Waals surface area contributed by atoms with Gasteiger partial charge in [0.2, 0.25) is 0 Å². The lowest BCUT2D eigenvalue weighted by atomic mass is 10.3. The van der Waals surface area contributed by atoms with Crippen molar-refractivity contribution >= 4 is 5.97 Å². The molecule has 0 aliphatic heterocycles. The average molecular weight is 216 g/mol. The van der Waals surface area contributed by atoms with Gasteiger partial charge >= 0.3 is 5.97 Å². The summed E-state index contributed by atoms with van der Waals surface area (Å²) in [6.07, 6.45) is 6.72. The van der Waals surface area contributed by atoms with Crippen LogP contribution in [0, 0.1) is 23.7 Å². The number of carbonyl (C=O) groups excluding carboxylic acids is 1. The number of aromatic nitrogens is 1. The number of ether oxygens (including phenoxy) is 1. The highest BCUT2D eigenvalue weighted by Gasteiger charge is 1.87. The second-order valence-electron chi connectivity index (χ2n) is 2.52. The van der Waals surface area contributed by atoms with Gasteiger partial charge in [-0.1, -0.05) is 6.07 Å². The van der Waals surface area contributed by atoms with Crippen LogP contribution in [0.3, 0.4) is 0 Å². The number of carbonyl (C=O) groups is 1. The number of esters is 1. The predicted octanol–water partition coefficient (Wildman–Crippen LogP) is 1.33. The lowest BCUT2D eigenvalue weighted by Crippen LogP contribution is -1.98. The van der Waals surface area contributed by atoms with Crippen LogP contribution in [0.25, 0.3) is 0 Å². The molecule has 0 bridgehead atoms. The van der Waals surface area contributed by atoms with Gasteiger partial charge in [-0.15, -0.1) is 6.42 Å². The zero-order chi connectivity index (χ0) is 12.2. The summed E-state index contributed by atoms with van der Waals surface area (Å²) >= 11 is 0. The standard InChI is InChI=1S/C7H6N2.C5H6O2/c8-5-4-7-3-1-2-6-9-7;1-3-5(6)7-4-2/h1-3,6H,4H2;1H,4H2,2H3. The van der Waals surface area contributed by atoms with Crippen molar-refractivity contribution in [2.45, 2.75) is 13.3 Å². The zero-order valence-corrected chi connectivity index (χ0v) is 9.01. The molecular formula is C12H12N2O2. The van der Waals surface area contributed by atoms with E-state index in [4.69, 9.17) is 5.26 Å². The Bertz CT molecular complexity index is 388. The molecule has 1 heterocycles. The van der Waals surface area contributed by atoms with Gasteiger partial charge in [0.1, 0.15) is 0 Å². The van der Waals surface area contributed by atoms with E-state index < -0.39 is 5.97 Å². The fraction of sp³-hybridized carbons (Fsp3) is 0.250. The van der Waals surface area contributed by atoms with Crippen molar-refractivity contribution in [3.8, 4) is 18.4 Å². The molecule has 0 spiro atoms. The number of terminal acetylenes is 1. The van der Waals surface area contributed by atoms with Gasteiger partial charge < -0.3 is 4.74 Å². The molecule has 0 aliphatic carbocycles. The molecular weight excluding hydrogens is 204 g/mol. The third-order valence-corrected chi connectivity index (χ3v) is 1.38. The van der Waals surface area contributed by atoms with Gasteiger partial charge in [0.25, 0.3) is 0 Å². The quantitative estimate of drug-likeness (QED) is 0.425. The topological polar surface area (TPSA) is 63.0 Å². The summed E-state index contributed by atoms with van der Waals surface area (Å²) in [5.41, 5.74) is 0.833. The van der Waals surface area contributed by atoms with E-state index in [0.717, 1.165) is 5.69 Å². The van der Waals surface area contributed by atoms with Gasteiger partial charge in [0.15, 0.2) is 0 Å². The molecule has 0 amide bonds. The number of rotatable bonds is 2. The van der Waals surface area contributed by atoms with Crippen molar-refractivity contribution < 1.29 is 9.53 Å². The molecule has 0 saturated heterocycles. The summed E-state index contributed by atoms with van der Waals surface area (Å²) in [6.45, 7) is 2.05. The smallest absolute Gasteiger partial charge is 0.384 e. The third-order valence-electron chi connectivity index (χ3n) is 1.38. The molecule has 0 fully saturated rings. The first-order valence-electron chi connectivity index (χ1n) is 4.64. The molecule has 0 aliphatic rings. The second-order valence-corrected chi connectivity index (χ2v) is 2.52. The lowest BCUT2D eigenvalue weighted by Gasteiger charge is -1.88. The van der Waals surface area contributed by atoms with Crippen LogP contribution in [0.2, 0.25) is 0 Å². The SMILES string of the molecule is C#CC(=O)OCC.N#CCc1ccccn1. The minimum absolute atomic E-state index is 0.350. The van der Waals surface area contributed by atoms with E-state index in [-0.39, 0.29) is 0 Å².